The number of hydrogen-bond acceptors (Lipinski definition) is 1. The van der Waals surface area contributed by atoms with E-state index in [1.165, 1.54) is 0 Å². The molecule has 3 heteroatoms. The van der Waals surface area contributed by atoms with Crippen molar-refractivity contribution in [3.8, 4) is 0 Å². The van der Waals surface area contributed by atoms with E-state index in [2.05, 4.69) is 0 Å². The molecule has 0 amide bonds. The van der Waals surface area contributed by atoms with Crippen LogP contribution in [0.15, 0.2) is 0 Å². The van der Waals surface area contributed by atoms with Crippen molar-refractivity contribution in [2.24, 2.45) is 0 Å². The molecule has 0 aromatic rings. The highest BCUT2D eigenvalue weighted by Crippen LogP contribution is 2.02. The number of hydrogen-bond donors (Lipinski definition) is 0. The standard InChI is InChI=1S/C7H15F2N/c1-6(2)10(3)5-4-7(8)9/h6-7H,4-5H2,1-3H3. The van der Waals surface area contributed by atoms with Crippen molar-refractivity contribution in [1.29, 1.82) is 0 Å². The molecule has 0 fully saturated rings. The van der Waals surface area contributed by atoms with Crippen LogP contribution in [0.2, 0.25) is 0 Å². The van der Waals surface area contributed by atoms with Crippen LogP contribution in [0.5, 0.6) is 0 Å². The Labute approximate surface area is 61.0 Å². The van der Waals surface area contributed by atoms with E-state index in [4.69, 9.17) is 0 Å². The van der Waals surface area contributed by atoms with Gasteiger partial charge in [-0.15, -0.1) is 0 Å². The molecule has 0 saturated heterocycles. The van der Waals surface area contributed by atoms with E-state index in [-0.39, 0.29) is 6.42 Å². The van der Waals surface area contributed by atoms with Crippen LogP contribution in [0.25, 0.3) is 0 Å². The first-order valence-corrected chi connectivity index (χ1v) is 3.52. The Morgan fingerprint density at radius 1 is 1.30 bits per heavy atom. The molecule has 0 spiro atoms. The molecule has 0 unspecified atom stereocenters. The number of halogens is 2. The Morgan fingerprint density at radius 2 is 1.80 bits per heavy atom. The van der Waals surface area contributed by atoms with Gasteiger partial charge in [0.05, 0.1) is 0 Å². The van der Waals surface area contributed by atoms with Crippen LogP contribution in [0.3, 0.4) is 0 Å². The van der Waals surface area contributed by atoms with Gasteiger partial charge in [-0.2, -0.15) is 0 Å². The lowest BCUT2D eigenvalue weighted by molar-refractivity contribution is 0.115. The van der Waals surface area contributed by atoms with Gasteiger partial charge in [0.1, 0.15) is 0 Å². The van der Waals surface area contributed by atoms with E-state index < -0.39 is 6.43 Å². The van der Waals surface area contributed by atoms with Crippen molar-refractivity contribution < 1.29 is 8.78 Å². The highest BCUT2D eigenvalue weighted by Gasteiger charge is 2.06. The third-order valence-electron chi connectivity index (χ3n) is 1.58. The lowest BCUT2D eigenvalue weighted by atomic mass is 10.3. The monoisotopic (exact) mass is 151 g/mol. The summed E-state index contributed by atoms with van der Waals surface area (Å²) in [5.41, 5.74) is 0. The zero-order valence-corrected chi connectivity index (χ0v) is 6.77. The first kappa shape index (κ1) is 9.82. The first-order valence-electron chi connectivity index (χ1n) is 3.52. The molecule has 0 saturated carbocycles. The predicted octanol–water partition coefficient (Wildman–Crippen LogP) is 1.98. The molecule has 0 heterocycles. The van der Waals surface area contributed by atoms with Crippen LogP contribution in [-0.4, -0.2) is 31.0 Å². The quantitative estimate of drug-likeness (QED) is 0.594. The van der Waals surface area contributed by atoms with Gasteiger partial charge in [0.25, 0.3) is 0 Å². The maximum atomic E-state index is 11.6. The minimum Gasteiger partial charge on any atom is -0.304 e. The molecule has 0 radical (unpaired) electrons. The average molecular weight is 151 g/mol. The summed E-state index contributed by atoms with van der Waals surface area (Å²) in [6.07, 6.45) is -2.18. The third-order valence-corrected chi connectivity index (χ3v) is 1.58. The summed E-state index contributed by atoms with van der Waals surface area (Å²) in [6.45, 7) is 4.46. The Balaban J connectivity index is 3.30. The lowest BCUT2D eigenvalue weighted by Gasteiger charge is -2.20. The zero-order chi connectivity index (χ0) is 8.15. The normalized spacial score (nSPS) is 12.0. The fourth-order valence-electron chi connectivity index (χ4n) is 0.559. The lowest BCUT2D eigenvalue weighted by Crippen LogP contribution is -2.28. The molecule has 0 aliphatic rings. The van der Waals surface area contributed by atoms with E-state index in [1.807, 2.05) is 25.8 Å². The van der Waals surface area contributed by atoms with Gasteiger partial charge in [-0.25, -0.2) is 8.78 Å². The van der Waals surface area contributed by atoms with E-state index in [0.29, 0.717) is 12.6 Å². The number of nitrogens with zero attached hydrogens (tertiary/aromatic N) is 1. The second-order valence-corrected chi connectivity index (χ2v) is 2.75. The van der Waals surface area contributed by atoms with Crippen molar-refractivity contribution in [2.75, 3.05) is 13.6 Å². The van der Waals surface area contributed by atoms with E-state index in [0.717, 1.165) is 0 Å². The van der Waals surface area contributed by atoms with Gasteiger partial charge in [0.15, 0.2) is 0 Å². The third kappa shape index (κ3) is 4.68. The molecule has 62 valence electrons. The van der Waals surface area contributed by atoms with Crippen LogP contribution >= 0.6 is 0 Å². The SMILES string of the molecule is CC(C)N(C)CCC(F)F. The van der Waals surface area contributed by atoms with Crippen LogP contribution in [0.1, 0.15) is 20.3 Å². The van der Waals surface area contributed by atoms with Gasteiger partial charge >= 0.3 is 0 Å². The van der Waals surface area contributed by atoms with Gasteiger partial charge in [-0.1, -0.05) is 0 Å². The average Bonchev–Trinajstić information content (AvgIpc) is 1.82. The van der Waals surface area contributed by atoms with E-state index in [1.54, 1.807) is 0 Å². The van der Waals surface area contributed by atoms with Crippen molar-refractivity contribution >= 4 is 0 Å². The van der Waals surface area contributed by atoms with Crippen LogP contribution < -0.4 is 0 Å². The molecule has 0 N–H and O–H groups in total. The van der Waals surface area contributed by atoms with Crippen LogP contribution in [0, 0.1) is 0 Å². The van der Waals surface area contributed by atoms with Crippen molar-refractivity contribution in [3.05, 3.63) is 0 Å². The smallest absolute Gasteiger partial charge is 0.239 e. The van der Waals surface area contributed by atoms with Gasteiger partial charge in [-0.05, 0) is 20.9 Å². The maximum absolute atomic E-state index is 11.6. The molecule has 10 heavy (non-hydrogen) atoms. The second-order valence-electron chi connectivity index (χ2n) is 2.75. The molecule has 1 nitrogen and oxygen atoms in total. The van der Waals surface area contributed by atoms with Gasteiger partial charge in [0.2, 0.25) is 6.43 Å². The summed E-state index contributed by atoms with van der Waals surface area (Å²) in [4.78, 5) is 1.91. The number of rotatable bonds is 4. The largest absolute Gasteiger partial charge is 0.304 e. The molecule has 0 atom stereocenters. The minimum atomic E-state index is -2.17. The molecule has 0 aliphatic heterocycles. The van der Waals surface area contributed by atoms with Crippen molar-refractivity contribution in [1.82, 2.24) is 4.90 Å². The molecule has 0 aliphatic carbocycles. The van der Waals surface area contributed by atoms with Crippen molar-refractivity contribution in [3.63, 3.8) is 0 Å². The Kier molecular flexibility index (Phi) is 4.52. The maximum Gasteiger partial charge on any atom is 0.239 e. The molecule has 0 aromatic carbocycles. The van der Waals surface area contributed by atoms with Crippen LogP contribution in [0.4, 0.5) is 8.78 Å². The minimum absolute atomic E-state index is 0.0192. The predicted molar refractivity (Wildman–Crippen MR) is 38.4 cm³/mol. The molecular formula is C7H15F2N. The fourth-order valence-corrected chi connectivity index (χ4v) is 0.559. The fraction of sp³-hybridized carbons (Fsp3) is 1.00. The summed E-state index contributed by atoms with van der Waals surface area (Å²) in [5, 5.41) is 0. The van der Waals surface area contributed by atoms with E-state index >= 15 is 0 Å². The zero-order valence-electron chi connectivity index (χ0n) is 6.77. The van der Waals surface area contributed by atoms with Gasteiger partial charge < -0.3 is 4.90 Å². The Hall–Kier alpha value is -0.180. The molecule has 0 rings (SSSR count). The van der Waals surface area contributed by atoms with Crippen molar-refractivity contribution in [2.45, 2.75) is 32.7 Å². The number of alkyl halides is 2. The highest BCUT2D eigenvalue weighted by molar-refractivity contribution is 4.56. The first-order chi connectivity index (χ1) is 4.54. The topological polar surface area (TPSA) is 3.24 Å². The Bertz CT molecular complexity index is 83.7. The Morgan fingerprint density at radius 3 is 2.10 bits per heavy atom. The van der Waals surface area contributed by atoms with Gasteiger partial charge in [0, 0.05) is 19.0 Å². The highest BCUT2D eigenvalue weighted by atomic mass is 19.3. The molecular weight excluding hydrogens is 136 g/mol. The summed E-state index contributed by atoms with van der Waals surface area (Å²) in [7, 11) is 1.85. The summed E-state index contributed by atoms with van der Waals surface area (Å²) in [5.74, 6) is 0. The summed E-state index contributed by atoms with van der Waals surface area (Å²) >= 11 is 0. The van der Waals surface area contributed by atoms with Gasteiger partial charge in [-0.3, -0.25) is 0 Å². The summed E-state index contributed by atoms with van der Waals surface area (Å²) in [6, 6.07) is 0.360. The summed E-state index contributed by atoms with van der Waals surface area (Å²) < 4.78 is 23.3. The molecule has 0 bridgehead atoms. The second kappa shape index (κ2) is 4.61. The van der Waals surface area contributed by atoms with Crippen LogP contribution in [-0.2, 0) is 0 Å². The molecule has 0 aromatic heterocycles. The van der Waals surface area contributed by atoms with E-state index in [9.17, 15) is 8.78 Å².